The Morgan fingerprint density at radius 2 is 1.97 bits per heavy atom. The van der Waals surface area contributed by atoms with E-state index in [1.165, 1.54) is 24.3 Å². The Morgan fingerprint density at radius 3 is 2.55 bits per heavy atom. The van der Waals surface area contributed by atoms with Crippen LogP contribution in [0, 0.1) is 27.9 Å². The second-order valence-corrected chi connectivity index (χ2v) is 6.75. The number of carbonyl (C=O) groups is 3. The monoisotopic (exact) mass is 414 g/mol. The van der Waals surface area contributed by atoms with Gasteiger partial charge in [-0.3, -0.25) is 24.5 Å². The highest BCUT2D eigenvalue weighted by Gasteiger charge is 2.44. The molecule has 1 aliphatic rings. The van der Waals surface area contributed by atoms with Crippen molar-refractivity contribution < 1.29 is 37.6 Å². The number of hydrogen-bond acceptors (Lipinski definition) is 7. The summed E-state index contributed by atoms with van der Waals surface area (Å²) in [5.41, 5.74) is 0.276. The maximum atomic E-state index is 12.1. The molecular formula is C18H20F2N2O7. The summed E-state index contributed by atoms with van der Waals surface area (Å²) in [7, 11) is 0. The third-order valence-corrected chi connectivity index (χ3v) is 4.66. The third kappa shape index (κ3) is 6.77. The number of hydrogen-bond donors (Lipinski definition) is 1. The van der Waals surface area contributed by atoms with Crippen molar-refractivity contribution in [2.75, 3.05) is 18.5 Å². The predicted octanol–water partition coefficient (Wildman–Crippen LogP) is 2.28. The predicted molar refractivity (Wildman–Crippen MR) is 94.9 cm³/mol. The van der Waals surface area contributed by atoms with Crippen LogP contribution in [0.25, 0.3) is 0 Å². The van der Waals surface area contributed by atoms with E-state index in [0.29, 0.717) is 0 Å². The molecule has 0 aliphatic heterocycles. The van der Waals surface area contributed by atoms with Gasteiger partial charge in [0.2, 0.25) is 6.54 Å². The lowest BCUT2D eigenvalue weighted by Gasteiger charge is -2.17. The average Bonchev–Trinajstić information content (AvgIpc) is 2.88. The summed E-state index contributed by atoms with van der Waals surface area (Å²) in [4.78, 5) is 46.1. The minimum Gasteiger partial charge on any atom is -0.456 e. The molecule has 9 nitrogen and oxygen atoms in total. The van der Waals surface area contributed by atoms with E-state index in [9.17, 15) is 33.3 Å². The molecule has 1 saturated carbocycles. The molecule has 0 bridgehead atoms. The van der Waals surface area contributed by atoms with Crippen LogP contribution in [0.4, 0.5) is 14.5 Å². The summed E-state index contributed by atoms with van der Waals surface area (Å²) in [6.07, 6.45) is -0.156. The van der Waals surface area contributed by atoms with E-state index < -0.39 is 48.4 Å². The minimum absolute atomic E-state index is 0.0795. The summed E-state index contributed by atoms with van der Waals surface area (Å²) in [5.74, 6) is -3.33. The van der Waals surface area contributed by atoms with Crippen LogP contribution in [0.5, 0.6) is 5.75 Å². The highest BCUT2D eigenvalue weighted by Crippen LogP contribution is 2.36. The molecule has 1 N–H and O–H groups in total. The molecule has 0 aromatic heterocycles. The fraction of sp³-hybridized carbons (Fsp3) is 0.500. The third-order valence-electron chi connectivity index (χ3n) is 4.66. The lowest BCUT2D eigenvalue weighted by molar-refractivity contribution is -0.490. The van der Waals surface area contributed by atoms with Crippen molar-refractivity contribution in [1.82, 2.24) is 0 Å². The highest BCUT2D eigenvalue weighted by molar-refractivity contribution is 5.93. The number of halogens is 2. The highest BCUT2D eigenvalue weighted by atomic mass is 19.3. The molecule has 0 heterocycles. The zero-order valence-corrected chi connectivity index (χ0v) is 15.5. The van der Waals surface area contributed by atoms with Crippen molar-refractivity contribution in [2.24, 2.45) is 17.8 Å². The van der Waals surface area contributed by atoms with E-state index in [2.05, 4.69) is 10.1 Å². The van der Waals surface area contributed by atoms with Gasteiger partial charge in [-0.25, -0.2) is 0 Å². The summed E-state index contributed by atoms with van der Waals surface area (Å²) < 4.78 is 33.2. The van der Waals surface area contributed by atoms with Gasteiger partial charge in [0.15, 0.2) is 6.61 Å². The van der Waals surface area contributed by atoms with Gasteiger partial charge < -0.3 is 14.8 Å². The smallest absolute Gasteiger partial charge is 0.387 e. The van der Waals surface area contributed by atoms with E-state index in [0.717, 1.165) is 0 Å². The number of anilines is 1. The van der Waals surface area contributed by atoms with E-state index in [-0.39, 0.29) is 36.0 Å². The van der Waals surface area contributed by atoms with Crippen molar-refractivity contribution in [2.45, 2.75) is 26.4 Å². The lowest BCUT2D eigenvalue weighted by Crippen LogP contribution is -2.28. The van der Waals surface area contributed by atoms with Gasteiger partial charge in [-0.2, -0.15) is 8.78 Å². The lowest BCUT2D eigenvalue weighted by atomic mass is 9.88. The minimum atomic E-state index is -2.96. The number of alkyl halides is 2. The van der Waals surface area contributed by atoms with Gasteiger partial charge >= 0.3 is 12.6 Å². The fourth-order valence-electron chi connectivity index (χ4n) is 3.30. The second kappa shape index (κ2) is 9.89. The zero-order valence-electron chi connectivity index (χ0n) is 15.5. The Hall–Kier alpha value is -3.11. The number of nitrogens with one attached hydrogen (secondary N) is 1. The van der Waals surface area contributed by atoms with E-state index in [1.807, 2.05) is 0 Å². The number of ketones is 1. The number of Topliss-reactive ketones (excluding diaryl/α,β-unsaturated/α-hetero) is 1. The number of ether oxygens (including phenoxy) is 2. The Balaban J connectivity index is 1.81. The number of esters is 1. The number of nitrogens with zero attached hydrogens (tertiary/aromatic N) is 1. The summed E-state index contributed by atoms with van der Waals surface area (Å²) >= 11 is 0. The summed E-state index contributed by atoms with van der Waals surface area (Å²) in [5, 5.41) is 13.2. The van der Waals surface area contributed by atoms with Gasteiger partial charge in [0.05, 0.1) is 6.42 Å². The van der Waals surface area contributed by atoms with Crippen molar-refractivity contribution in [3.05, 3.63) is 34.4 Å². The molecule has 158 valence electrons. The first kappa shape index (κ1) is 22.2. The van der Waals surface area contributed by atoms with Crippen LogP contribution in [0.3, 0.4) is 0 Å². The van der Waals surface area contributed by atoms with Crippen LogP contribution in [0.1, 0.15) is 19.8 Å². The van der Waals surface area contributed by atoms with Gasteiger partial charge in [-0.1, -0.05) is 6.92 Å². The molecule has 3 atom stereocenters. The van der Waals surface area contributed by atoms with Crippen LogP contribution in [0.2, 0.25) is 0 Å². The quantitative estimate of drug-likeness (QED) is 0.373. The first-order valence-electron chi connectivity index (χ1n) is 8.80. The molecule has 1 aromatic rings. The van der Waals surface area contributed by atoms with Crippen molar-refractivity contribution in [3.8, 4) is 5.75 Å². The molecule has 0 unspecified atom stereocenters. The normalized spacial score (nSPS) is 21.1. The first-order chi connectivity index (χ1) is 13.7. The number of carbonyl (C=O) groups excluding carboxylic acids is 3. The molecule has 0 spiro atoms. The molecule has 1 amide bonds. The van der Waals surface area contributed by atoms with Gasteiger partial charge in [0.25, 0.3) is 5.91 Å². The molecule has 0 radical (unpaired) electrons. The molecular weight excluding hydrogens is 394 g/mol. The molecule has 0 saturated heterocycles. The van der Waals surface area contributed by atoms with Crippen LogP contribution >= 0.6 is 0 Å². The number of benzene rings is 1. The van der Waals surface area contributed by atoms with Gasteiger partial charge in [-0.15, -0.1) is 0 Å². The topological polar surface area (TPSA) is 125 Å². The van der Waals surface area contributed by atoms with Crippen LogP contribution < -0.4 is 10.1 Å². The maximum Gasteiger partial charge on any atom is 0.387 e. The molecule has 1 fully saturated rings. The van der Waals surface area contributed by atoms with Crippen LogP contribution in [0.15, 0.2) is 24.3 Å². The van der Waals surface area contributed by atoms with Crippen LogP contribution in [-0.4, -0.2) is 42.3 Å². The molecule has 2 rings (SSSR count). The zero-order chi connectivity index (χ0) is 21.6. The Morgan fingerprint density at radius 1 is 1.31 bits per heavy atom. The van der Waals surface area contributed by atoms with Gasteiger partial charge in [0.1, 0.15) is 11.5 Å². The summed E-state index contributed by atoms with van der Waals surface area (Å²) in [6, 6.07) is 5.13. The molecule has 1 aliphatic carbocycles. The van der Waals surface area contributed by atoms with Gasteiger partial charge in [-0.05, 0) is 30.2 Å². The molecule has 1 aromatic carbocycles. The summed E-state index contributed by atoms with van der Waals surface area (Å²) in [6.45, 7) is -2.27. The fourth-order valence-corrected chi connectivity index (χ4v) is 3.30. The largest absolute Gasteiger partial charge is 0.456 e. The van der Waals surface area contributed by atoms with Crippen molar-refractivity contribution in [3.63, 3.8) is 0 Å². The average molecular weight is 414 g/mol. The number of amides is 1. The second-order valence-electron chi connectivity index (χ2n) is 6.75. The Kier molecular flexibility index (Phi) is 7.57. The number of rotatable bonds is 9. The van der Waals surface area contributed by atoms with Gasteiger partial charge in [0, 0.05) is 28.9 Å². The Bertz CT molecular complexity index is 770. The SMILES string of the molecule is C[C@@H]1CC(=O)[C@H](CC(=O)OCC(=O)Nc2ccc(OC(F)F)cc2)[C@@H]1C[N+](=O)[O-]. The number of nitro groups is 1. The molecule has 11 heteroatoms. The Labute approximate surface area is 164 Å². The van der Waals surface area contributed by atoms with Crippen molar-refractivity contribution in [1.29, 1.82) is 0 Å². The van der Waals surface area contributed by atoms with Crippen LogP contribution in [-0.2, 0) is 19.1 Å². The van der Waals surface area contributed by atoms with E-state index in [4.69, 9.17) is 4.74 Å². The van der Waals surface area contributed by atoms with E-state index in [1.54, 1.807) is 6.92 Å². The molecule has 29 heavy (non-hydrogen) atoms. The maximum absolute atomic E-state index is 12.1. The van der Waals surface area contributed by atoms with E-state index >= 15 is 0 Å². The standard InChI is InChI=1S/C18H20F2N2O7/c1-10-6-15(23)13(14(10)8-22(26)27)7-17(25)28-9-16(24)21-11-2-4-12(5-3-11)29-18(19)20/h2-5,10,13-14,18H,6-9H2,1H3,(H,21,24)/t10-,13-,14-/m1/s1. The van der Waals surface area contributed by atoms with Crippen molar-refractivity contribution >= 4 is 23.3 Å². The first-order valence-corrected chi connectivity index (χ1v) is 8.80.